The fourth-order valence-corrected chi connectivity index (χ4v) is 4.09. The molecule has 2 nitrogen and oxygen atoms in total. The Balaban J connectivity index is 1.95. The molecular formula is C15H22ClNOS. The minimum atomic E-state index is 0.0712. The molecule has 0 aromatic carbocycles. The molecule has 1 N–H and O–H groups in total. The lowest BCUT2D eigenvalue weighted by atomic mass is 9.75. The zero-order valence-corrected chi connectivity index (χ0v) is 13.1. The van der Waals surface area contributed by atoms with Crippen molar-refractivity contribution in [3.05, 3.63) is 21.9 Å². The summed E-state index contributed by atoms with van der Waals surface area (Å²) in [6, 6.07) is 2.04. The van der Waals surface area contributed by atoms with Gasteiger partial charge < -0.3 is 5.32 Å². The van der Waals surface area contributed by atoms with Gasteiger partial charge >= 0.3 is 0 Å². The first-order chi connectivity index (χ1) is 9.21. The van der Waals surface area contributed by atoms with Gasteiger partial charge in [-0.2, -0.15) is 0 Å². The monoisotopic (exact) mass is 299 g/mol. The molecule has 2 rings (SSSR count). The van der Waals surface area contributed by atoms with Gasteiger partial charge in [-0.05, 0) is 36.3 Å². The molecule has 1 fully saturated rings. The maximum absolute atomic E-state index is 12.2. The summed E-state index contributed by atoms with van der Waals surface area (Å²) in [6.45, 7) is 2.80. The Labute approximate surface area is 124 Å². The van der Waals surface area contributed by atoms with Crippen LogP contribution < -0.4 is 5.32 Å². The number of amides is 1. The highest BCUT2D eigenvalue weighted by Gasteiger charge is 2.31. The van der Waals surface area contributed by atoms with Crippen LogP contribution in [0.1, 0.15) is 54.3 Å². The number of carbonyl (C=O) groups is 1. The third-order valence-corrected chi connectivity index (χ3v) is 5.68. The molecule has 1 heterocycles. The van der Waals surface area contributed by atoms with Crippen LogP contribution in [0.3, 0.4) is 0 Å². The minimum absolute atomic E-state index is 0.0712. The number of nitrogens with one attached hydrogen (secondary N) is 1. The summed E-state index contributed by atoms with van der Waals surface area (Å²) in [5.41, 5.74) is 1.27. The van der Waals surface area contributed by atoms with Crippen LogP contribution in [0, 0.1) is 5.41 Å². The van der Waals surface area contributed by atoms with E-state index in [1.807, 2.05) is 11.4 Å². The van der Waals surface area contributed by atoms with Gasteiger partial charge in [0.1, 0.15) is 0 Å². The second-order valence-corrected chi connectivity index (χ2v) is 6.69. The summed E-state index contributed by atoms with van der Waals surface area (Å²) >= 11 is 7.69. The number of hydrogen-bond acceptors (Lipinski definition) is 2. The predicted molar refractivity (Wildman–Crippen MR) is 82.3 cm³/mol. The van der Waals surface area contributed by atoms with Gasteiger partial charge in [0, 0.05) is 17.8 Å². The molecule has 1 saturated carbocycles. The number of halogens is 1. The molecule has 106 valence electrons. The lowest BCUT2D eigenvalue weighted by Gasteiger charge is -2.35. The van der Waals surface area contributed by atoms with E-state index < -0.39 is 0 Å². The first kappa shape index (κ1) is 14.9. The van der Waals surface area contributed by atoms with Crippen LogP contribution in [0.5, 0.6) is 0 Å². The van der Waals surface area contributed by atoms with Gasteiger partial charge in [0.05, 0.1) is 4.88 Å². The predicted octanol–water partition coefficient (Wildman–Crippen LogP) is 4.23. The Morgan fingerprint density at radius 1 is 1.42 bits per heavy atom. The van der Waals surface area contributed by atoms with Gasteiger partial charge in [0.2, 0.25) is 0 Å². The molecule has 1 amide bonds. The molecule has 1 aromatic heterocycles. The molecule has 1 aliphatic rings. The van der Waals surface area contributed by atoms with Crippen LogP contribution in [0.2, 0.25) is 0 Å². The van der Waals surface area contributed by atoms with Crippen LogP contribution in [0.15, 0.2) is 11.4 Å². The summed E-state index contributed by atoms with van der Waals surface area (Å²) in [5, 5.41) is 5.10. The van der Waals surface area contributed by atoms with E-state index >= 15 is 0 Å². The highest BCUT2D eigenvalue weighted by atomic mass is 35.5. The van der Waals surface area contributed by atoms with Crippen molar-refractivity contribution < 1.29 is 4.79 Å². The fraction of sp³-hybridized carbons (Fsp3) is 0.667. The summed E-state index contributed by atoms with van der Waals surface area (Å²) < 4.78 is 0. The van der Waals surface area contributed by atoms with Crippen molar-refractivity contribution >= 4 is 28.8 Å². The van der Waals surface area contributed by atoms with E-state index in [2.05, 4.69) is 12.2 Å². The van der Waals surface area contributed by atoms with E-state index in [4.69, 9.17) is 11.6 Å². The molecule has 4 heteroatoms. The number of rotatable bonds is 5. The van der Waals surface area contributed by atoms with E-state index in [1.165, 1.54) is 30.6 Å². The van der Waals surface area contributed by atoms with Gasteiger partial charge in [-0.15, -0.1) is 22.9 Å². The number of aryl methyl sites for hydroxylation is 1. The molecule has 0 saturated heterocycles. The Morgan fingerprint density at radius 2 is 2.16 bits per heavy atom. The highest BCUT2D eigenvalue weighted by Crippen LogP contribution is 2.36. The smallest absolute Gasteiger partial charge is 0.261 e. The third-order valence-electron chi connectivity index (χ3n) is 4.16. The Morgan fingerprint density at radius 3 is 2.79 bits per heavy atom. The minimum Gasteiger partial charge on any atom is -0.351 e. The zero-order chi connectivity index (χ0) is 13.7. The normalized spacial score (nSPS) is 18.2. The maximum atomic E-state index is 12.2. The Kier molecular flexibility index (Phi) is 5.28. The van der Waals surface area contributed by atoms with E-state index in [1.54, 1.807) is 0 Å². The molecule has 1 aliphatic carbocycles. The number of thiophene rings is 1. The largest absolute Gasteiger partial charge is 0.351 e. The summed E-state index contributed by atoms with van der Waals surface area (Å²) in [4.78, 5) is 13.1. The van der Waals surface area contributed by atoms with Crippen LogP contribution >= 0.6 is 22.9 Å². The van der Waals surface area contributed by atoms with Crippen molar-refractivity contribution in [2.45, 2.75) is 45.4 Å². The van der Waals surface area contributed by atoms with Crippen LogP contribution in [0.4, 0.5) is 0 Å². The van der Waals surface area contributed by atoms with Gasteiger partial charge in [-0.3, -0.25) is 4.79 Å². The molecule has 0 radical (unpaired) electrons. The zero-order valence-electron chi connectivity index (χ0n) is 11.5. The SMILES string of the molecule is CCc1ccsc1C(=O)NCC1(CCl)CCCCC1. The van der Waals surface area contributed by atoms with Crippen molar-refractivity contribution in [3.63, 3.8) is 0 Å². The number of carbonyl (C=O) groups excluding carboxylic acids is 1. The van der Waals surface area contributed by atoms with Crippen molar-refractivity contribution in [3.8, 4) is 0 Å². The van der Waals surface area contributed by atoms with E-state index in [0.717, 1.165) is 36.2 Å². The van der Waals surface area contributed by atoms with Crippen LogP contribution in [-0.2, 0) is 6.42 Å². The summed E-state index contributed by atoms with van der Waals surface area (Å²) in [5.74, 6) is 0.722. The fourth-order valence-electron chi connectivity index (χ4n) is 2.82. The van der Waals surface area contributed by atoms with Crippen molar-refractivity contribution in [1.29, 1.82) is 0 Å². The summed E-state index contributed by atoms with van der Waals surface area (Å²) in [7, 11) is 0. The lowest BCUT2D eigenvalue weighted by Crippen LogP contribution is -2.40. The number of alkyl halides is 1. The second kappa shape index (κ2) is 6.76. The highest BCUT2D eigenvalue weighted by molar-refractivity contribution is 7.12. The topological polar surface area (TPSA) is 29.1 Å². The Hall–Kier alpha value is -0.540. The van der Waals surface area contributed by atoms with Gasteiger partial charge in [0.25, 0.3) is 5.91 Å². The van der Waals surface area contributed by atoms with Crippen molar-refractivity contribution in [2.24, 2.45) is 5.41 Å². The average Bonchev–Trinajstić information content (AvgIpc) is 2.94. The van der Waals surface area contributed by atoms with E-state index in [9.17, 15) is 4.79 Å². The third kappa shape index (κ3) is 3.51. The maximum Gasteiger partial charge on any atom is 0.261 e. The van der Waals surface area contributed by atoms with E-state index in [0.29, 0.717) is 5.88 Å². The Bertz CT molecular complexity index is 424. The average molecular weight is 300 g/mol. The van der Waals surface area contributed by atoms with Crippen molar-refractivity contribution in [2.75, 3.05) is 12.4 Å². The molecule has 0 unspecified atom stereocenters. The quantitative estimate of drug-likeness (QED) is 0.810. The van der Waals surface area contributed by atoms with Gasteiger partial charge in [-0.1, -0.05) is 26.2 Å². The van der Waals surface area contributed by atoms with Crippen LogP contribution in [-0.4, -0.2) is 18.3 Å². The first-order valence-corrected chi connectivity index (χ1v) is 8.53. The molecule has 19 heavy (non-hydrogen) atoms. The molecular weight excluding hydrogens is 278 g/mol. The molecule has 0 bridgehead atoms. The first-order valence-electron chi connectivity index (χ1n) is 7.11. The standard InChI is InChI=1S/C15H22ClNOS/c1-2-12-6-9-19-13(12)14(18)17-11-15(10-16)7-4-3-5-8-15/h6,9H,2-5,7-8,10-11H2,1H3,(H,17,18). The second-order valence-electron chi connectivity index (χ2n) is 5.51. The van der Waals surface area contributed by atoms with Gasteiger partial charge in [0.15, 0.2) is 0 Å². The summed E-state index contributed by atoms with van der Waals surface area (Å²) in [6.07, 6.45) is 6.97. The van der Waals surface area contributed by atoms with E-state index in [-0.39, 0.29) is 11.3 Å². The molecule has 1 aromatic rings. The molecule has 0 spiro atoms. The lowest BCUT2D eigenvalue weighted by molar-refractivity contribution is 0.0924. The molecule has 0 aliphatic heterocycles. The molecule has 0 atom stereocenters. The number of hydrogen-bond donors (Lipinski definition) is 1. The van der Waals surface area contributed by atoms with Crippen molar-refractivity contribution in [1.82, 2.24) is 5.32 Å². The van der Waals surface area contributed by atoms with Crippen LogP contribution in [0.25, 0.3) is 0 Å². The van der Waals surface area contributed by atoms with Gasteiger partial charge in [-0.25, -0.2) is 0 Å².